The molecule has 1 aromatic heterocycles. The average Bonchev–Trinajstić information content (AvgIpc) is 2.47. The predicted molar refractivity (Wildman–Crippen MR) is 78.7 cm³/mol. The Balaban J connectivity index is 2.35. The fourth-order valence-electron chi connectivity index (χ4n) is 2.77. The zero-order chi connectivity index (χ0) is 16.2. The molecule has 22 heavy (non-hydrogen) atoms. The first-order valence-corrected chi connectivity index (χ1v) is 7.43. The highest BCUT2D eigenvalue weighted by atomic mass is 19.1. The Morgan fingerprint density at radius 3 is 2.50 bits per heavy atom. The number of hydrogen-bond acceptors (Lipinski definition) is 5. The lowest BCUT2D eigenvalue weighted by Crippen LogP contribution is -2.53. The van der Waals surface area contributed by atoms with Crippen molar-refractivity contribution in [1.29, 1.82) is 0 Å². The van der Waals surface area contributed by atoms with Crippen molar-refractivity contribution < 1.29 is 18.7 Å². The summed E-state index contributed by atoms with van der Waals surface area (Å²) in [6.45, 7) is 4.55. The lowest BCUT2D eigenvalue weighted by Gasteiger charge is -2.39. The first kappa shape index (κ1) is 16.8. The number of alkyl halides is 1. The summed E-state index contributed by atoms with van der Waals surface area (Å²) < 4.78 is 26.6. The Labute approximate surface area is 129 Å². The van der Waals surface area contributed by atoms with Crippen molar-refractivity contribution in [2.45, 2.75) is 44.8 Å². The quantitative estimate of drug-likeness (QED) is 0.830. The normalized spacial score (nSPS) is 28.5. The van der Waals surface area contributed by atoms with Gasteiger partial charge in [0, 0.05) is 32.3 Å². The Kier molecular flexibility index (Phi) is 5.44. The van der Waals surface area contributed by atoms with Crippen LogP contribution in [0.15, 0.2) is 18.3 Å². The number of carbonyl (C=O) groups excluding carboxylic acids is 1. The van der Waals surface area contributed by atoms with Crippen LogP contribution < -0.4 is 11.1 Å². The largest absolute Gasteiger partial charge is 0.366 e. The number of piperidine rings is 1. The standard InChI is InChI=1S/C15H22FN3O3/c1-3-21-11-8-15(16,9-12(19-11)22-4-2)13-10(14(17)20)6-5-7-18-13/h5-7,11-12,19H,3-4,8-9H2,1-2H3,(H2,17,20). The van der Waals surface area contributed by atoms with Crippen LogP contribution in [0.3, 0.4) is 0 Å². The van der Waals surface area contributed by atoms with Crippen LogP contribution in [-0.2, 0) is 15.1 Å². The minimum atomic E-state index is -1.84. The lowest BCUT2D eigenvalue weighted by atomic mass is 9.86. The molecule has 1 fully saturated rings. The summed E-state index contributed by atoms with van der Waals surface area (Å²) in [6.07, 6.45) is 0.519. The average molecular weight is 311 g/mol. The van der Waals surface area contributed by atoms with Gasteiger partial charge in [0.1, 0.15) is 12.5 Å². The molecule has 0 aliphatic carbocycles. The number of amides is 1. The van der Waals surface area contributed by atoms with Gasteiger partial charge in [0.25, 0.3) is 5.91 Å². The predicted octanol–water partition coefficient (Wildman–Crippen LogP) is 1.45. The van der Waals surface area contributed by atoms with Crippen molar-refractivity contribution in [3.8, 4) is 0 Å². The Morgan fingerprint density at radius 1 is 1.41 bits per heavy atom. The number of nitrogens with zero attached hydrogens (tertiary/aromatic N) is 1. The zero-order valence-electron chi connectivity index (χ0n) is 12.8. The van der Waals surface area contributed by atoms with Crippen LogP contribution in [0.4, 0.5) is 4.39 Å². The molecule has 1 saturated heterocycles. The Hall–Kier alpha value is -1.57. The van der Waals surface area contributed by atoms with E-state index < -0.39 is 24.0 Å². The van der Waals surface area contributed by atoms with Crippen molar-refractivity contribution in [2.24, 2.45) is 5.73 Å². The van der Waals surface area contributed by atoms with E-state index in [1.807, 2.05) is 13.8 Å². The van der Waals surface area contributed by atoms with Gasteiger partial charge in [-0.15, -0.1) is 0 Å². The summed E-state index contributed by atoms with van der Waals surface area (Å²) in [6, 6.07) is 3.05. The van der Waals surface area contributed by atoms with Crippen LogP contribution in [0, 0.1) is 0 Å². The van der Waals surface area contributed by atoms with Gasteiger partial charge in [0.15, 0.2) is 5.67 Å². The third kappa shape index (κ3) is 3.60. The van der Waals surface area contributed by atoms with Gasteiger partial charge in [-0.3, -0.25) is 15.1 Å². The number of nitrogens with two attached hydrogens (primary N) is 1. The van der Waals surface area contributed by atoms with E-state index in [0.717, 1.165) is 0 Å². The molecule has 122 valence electrons. The first-order valence-electron chi connectivity index (χ1n) is 7.43. The summed E-state index contributed by atoms with van der Waals surface area (Å²) in [5.74, 6) is -0.695. The molecule has 2 atom stereocenters. The van der Waals surface area contributed by atoms with E-state index in [9.17, 15) is 4.79 Å². The van der Waals surface area contributed by atoms with E-state index in [1.165, 1.54) is 12.3 Å². The third-order valence-electron chi connectivity index (χ3n) is 3.62. The molecule has 0 bridgehead atoms. The molecule has 1 amide bonds. The molecule has 2 rings (SSSR count). The molecule has 6 nitrogen and oxygen atoms in total. The molecule has 3 N–H and O–H groups in total. The number of halogens is 1. The Morgan fingerprint density at radius 2 is 2.00 bits per heavy atom. The molecular formula is C15H22FN3O3. The summed E-state index contributed by atoms with van der Waals surface area (Å²) in [5.41, 5.74) is 3.66. The van der Waals surface area contributed by atoms with Crippen LogP contribution in [0.1, 0.15) is 42.7 Å². The van der Waals surface area contributed by atoms with Crippen LogP contribution in [-0.4, -0.2) is 36.6 Å². The van der Waals surface area contributed by atoms with E-state index in [2.05, 4.69) is 10.3 Å². The maximum atomic E-state index is 15.6. The molecule has 7 heteroatoms. The number of aromatic nitrogens is 1. The summed E-state index contributed by atoms with van der Waals surface area (Å²) in [7, 11) is 0. The second-order valence-corrected chi connectivity index (χ2v) is 5.19. The van der Waals surface area contributed by atoms with Crippen molar-refractivity contribution in [3.63, 3.8) is 0 Å². The van der Waals surface area contributed by atoms with E-state index in [4.69, 9.17) is 15.2 Å². The maximum Gasteiger partial charge on any atom is 0.250 e. The van der Waals surface area contributed by atoms with Gasteiger partial charge in [-0.1, -0.05) is 0 Å². The number of primary amides is 1. The van der Waals surface area contributed by atoms with Crippen LogP contribution in [0.2, 0.25) is 0 Å². The van der Waals surface area contributed by atoms with Gasteiger partial charge >= 0.3 is 0 Å². The number of pyridine rings is 1. The molecule has 2 unspecified atom stereocenters. The summed E-state index contributed by atoms with van der Waals surface area (Å²) in [5, 5.41) is 3.10. The van der Waals surface area contributed by atoms with Gasteiger partial charge in [-0.05, 0) is 26.0 Å². The van der Waals surface area contributed by atoms with Crippen molar-refractivity contribution in [3.05, 3.63) is 29.6 Å². The number of ether oxygens (including phenoxy) is 2. The minimum absolute atomic E-state index is 0.0434. The van der Waals surface area contributed by atoms with Crippen molar-refractivity contribution in [1.82, 2.24) is 10.3 Å². The smallest absolute Gasteiger partial charge is 0.250 e. The Bertz CT molecular complexity index is 513. The number of carbonyl (C=O) groups is 1. The van der Waals surface area contributed by atoms with E-state index in [-0.39, 0.29) is 24.1 Å². The van der Waals surface area contributed by atoms with Crippen molar-refractivity contribution in [2.75, 3.05) is 13.2 Å². The van der Waals surface area contributed by atoms with Gasteiger partial charge in [-0.25, -0.2) is 4.39 Å². The molecular weight excluding hydrogens is 289 g/mol. The van der Waals surface area contributed by atoms with Crippen LogP contribution >= 0.6 is 0 Å². The van der Waals surface area contributed by atoms with Crippen LogP contribution in [0.25, 0.3) is 0 Å². The zero-order valence-corrected chi connectivity index (χ0v) is 12.8. The number of nitrogens with one attached hydrogen (secondary N) is 1. The molecule has 0 saturated carbocycles. The third-order valence-corrected chi connectivity index (χ3v) is 3.62. The number of rotatable bonds is 6. The highest BCUT2D eigenvalue weighted by Crippen LogP contribution is 2.39. The summed E-state index contributed by atoms with van der Waals surface area (Å²) in [4.78, 5) is 15.6. The SMILES string of the molecule is CCOC1CC(F)(c2ncccc2C(N)=O)CC(OCC)N1. The van der Waals surface area contributed by atoms with Gasteiger partial charge in [0.2, 0.25) is 0 Å². The van der Waals surface area contributed by atoms with Gasteiger partial charge in [0.05, 0.1) is 11.3 Å². The van der Waals surface area contributed by atoms with E-state index in [0.29, 0.717) is 13.2 Å². The second kappa shape index (κ2) is 7.13. The lowest BCUT2D eigenvalue weighted by molar-refractivity contribution is -0.121. The molecule has 2 heterocycles. The fourth-order valence-corrected chi connectivity index (χ4v) is 2.77. The number of hydrogen-bond donors (Lipinski definition) is 2. The fraction of sp³-hybridized carbons (Fsp3) is 0.600. The maximum absolute atomic E-state index is 15.6. The van der Waals surface area contributed by atoms with E-state index in [1.54, 1.807) is 6.07 Å². The molecule has 0 aromatic carbocycles. The van der Waals surface area contributed by atoms with Gasteiger partial charge < -0.3 is 15.2 Å². The monoisotopic (exact) mass is 311 g/mol. The molecule has 0 radical (unpaired) electrons. The molecule has 1 aliphatic heterocycles. The minimum Gasteiger partial charge on any atom is -0.366 e. The molecule has 0 spiro atoms. The first-order chi connectivity index (χ1) is 10.5. The second-order valence-electron chi connectivity index (χ2n) is 5.19. The van der Waals surface area contributed by atoms with Gasteiger partial charge in [-0.2, -0.15) is 0 Å². The highest BCUT2D eigenvalue weighted by molar-refractivity contribution is 5.94. The van der Waals surface area contributed by atoms with Crippen molar-refractivity contribution >= 4 is 5.91 Å². The van der Waals surface area contributed by atoms with Crippen LogP contribution in [0.5, 0.6) is 0 Å². The summed E-state index contributed by atoms with van der Waals surface area (Å²) >= 11 is 0. The van der Waals surface area contributed by atoms with E-state index >= 15 is 4.39 Å². The molecule has 1 aromatic rings. The topological polar surface area (TPSA) is 86.5 Å². The highest BCUT2D eigenvalue weighted by Gasteiger charge is 2.45. The molecule has 1 aliphatic rings.